The molecule has 4 nitrogen and oxygen atoms in total. The number of alkyl halides is 3. The van der Waals surface area contributed by atoms with Crippen LogP contribution in [0, 0.1) is 0 Å². The Labute approximate surface area is 142 Å². The number of pyridine rings is 1. The first-order valence-electron chi connectivity index (χ1n) is 8.07. The van der Waals surface area contributed by atoms with Crippen molar-refractivity contribution in [2.75, 3.05) is 0 Å². The molecule has 1 fully saturated rings. The minimum absolute atomic E-state index is 0.239. The van der Waals surface area contributed by atoms with Gasteiger partial charge in [-0.1, -0.05) is 6.08 Å². The lowest BCUT2D eigenvalue weighted by molar-refractivity contribution is 0.0999. The van der Waals surface area contributed by atoms with Crippen LogP contribution in [-0.4, -0.2) is 26.6 Å². The van der Waals surface area contributed by atoms with Crippen LogP contribution < -0.4 is 5.49 Å². The van der Waals surface area contributed by atoms with E-state index in [0.29, 0.717) is 34.9 Å². The molecule has 0 amide bonds. The lowest BCUT2D eigenvalue weighted by Crippen LogP contribution is -2.22. The molecule has 0 radical (unpaired) electrons. The van der Waals surface area contributed by atoms with Crippen molar-refractivity contribution in [3.63, 3.8) is 0 Å². The first-order chi connectivity index (χ1) is 11.8. The average molecular weight is 346 g/mol. The fourth-order valence-electron chi connectivity index (χ4n) is 3.09. The van der Waals surface area contributed by atoms with Crippen molar-refractivity contribution >= 4 is 10.9 Å². The molecule has 25 heavy (non-hydrogen) atoms. The van der Waals surface area contributed by atoms with Gasteiger partial charge < -0.3 is 4.57 Å². The summed E-state index contributed by atoms with van der Waals surface area (Å²) in [5.41, 5.74) is -1.23. The second-order valence-corrected chi connectivity index (χ2v) is 6.82. The summed E-state index contributed by atoms with van der Waals surface area (Å²) in [6.45, 7) is 1.42. The average Bonchev–Trinajstić information content (AvgIpc) is 3.31. The fraction of sp³-hybridized carbons (Fsp3) is 0.389. The van der Waals surface area contributed by atoms with Crippen LogP contribution in [0.5, 0.6) is 0 Å². The van der Waals surface area contributed by atoms with Gasteiger partial charge in [-0.25, -0.2) is 23.1 Å². The Morgan fingerprint density at radius 2 is 2.04 bits per heavy atom. The van der Waals surface area contributed by atoms with E-state index < -0.39 is 17.5 Å². The third kappa shape index (κ3) is 2.49. The quantitative estimate of drug-likeness (QED) is 0.855. The molecule has 1 atom stereocenters. The lowest BCUT2D eigenvalue weighted by atomic mass is 10.0. The van der Waals surface area contributed by atoms with Crippen molar-refractivity contribution in [3.05, 3.63) is 53.7 Å². The van der Waals surface area contributed by atoms with Crippen molar-refractivity contribution in [1.82, 2.24) is 14.5 Å². The molecule has 2 aliphatic carbocycles. The van der Waals surface area contributed by atoms with Crippen LogP contribution in [0.2, 0.25) is 0 Å². The van der Waals surface area contributed by atoms with Gasteiger partial charge in [-0.2, -0.15) is 0 Å². The van der Waals surface area contributed by atoms with E-state index in [0.717, 1.165) is 0 Å². The zero-order chi connectivity index (χ0) is 17.8. The number of rotatable bonds is 3. The van der Waals surface area contributed by atoms with Crippen molar-refractivity contribution < 1.29 is 13.2 Å². The van der Waals surface area contributed by atoms with E-state index in [2.05, 4.69) is 15.0 Å². The number of hydrogen-bond acceptors (Lipinski definition) is 3. The van der Waals surface area contributed by atoms with E-state index in [1.165, 1.54) is 13.0 Å². The Bertz CT molecular complexity index is 981. The maximum atomic E-state index is 14.4. The van der Waals surface area contributed by atoms with E-state index in [-0.39, 0.29) is 5.70 Å². The molecule has 2 aromatic rings. The van der Waals surface area contributed by atoms with Crippen molar-refractivity contribution in [2.24, 2.45) is 12.0 Å². The van der Waals surface area contributed by atoms with E-state index >= 15 is 0 Å². The highest BCUT2D eigenvalue weighted by molar-refractivity contribution is 5.77. The normalized spacial score (nSPS) is 25.0. The number of aromatic nitrogens is 3. The van der Waals surface area contributed by atoms with Crippen LogP contribution in [0.25, 0.3) is 10.9 Å². The van der Waals surface area contributed by atoms with E-state index in [9.17, 15) is 13.2 Å². The van der Waals surface area contributed by atoms with Crippen molar-refractivity contribution in [1.29, 1.82) is 0 Å². The van der Waals surface area contributed by atoms with Gasteiger partial charge in [0, 0.05) is 12.4 Å². The molecule has 0 saturated heterocycles. The fourth-order valence-corrected chi connectivity index (χ4v) is 3.09. The summed E-state index contributed by atoms with van der Waals surface area (Å²) in [5, 5.41) is 0.588. The zero-order valence-corrected chi connectivity index (χ0v) is 13.9. The van der Waals surface area contributed by atoms with E-state index in [4.69, 9.17) is 0 Å². The van der Waals surface area contributed by atoms with E-state index in [1.807, 2.05) is 0 Å². The Hall–Kier alpha value is -2.44. The van der Waals surface area contributed by atoms with Gasteiger partial charge in [-0.3, -0.25) is 4.98 Å². The number of aryl methyl sites for hydroxylation is 1. The summed E-state index contributed by atoms with van der Waals surface area (Å²) < 4.78 is 43.0. The summed E-state index contributed by atoms with van der Waals surface area (Å²) in [7, 11) is 1.79. The zero-order valence-electron chi connectivity index (χ0n) is 13.9. The van der Waals surface area contributed by atoms with Crippen LogP contribution >= 0.6 is 0 Å². The molecule has 0 N–H and O–H groups in total. The van der Waals surface area contributed by atoms with Crippen molar-refractivity contribution in [3.8, 4) is 0 Å². The number of allylic oxidation sites excluding steroid dienone is 3. The van der Waals surface area contributed by atoms with Crippen LogP contribution in [0.15, 0.2) is 47.5 Å². The summed E-state index contributed by atoms with van der Waals surface area (Å²) in [5.74, 6) is 0. The Balaban J connectivity index is 1.92. The molecule has 0 spiro atoms. The molecule has 0 bridgehead atoms. The summed E-state index contributed by atoms with van der Waals surface area (Å²) in [6, 6.07) is 1.62. The number of nitrogens with zero attached hydrogens (tertiary/aromatic N) is 4. The SMILES string of the molecule is Cn1cnc(=NC2=CC=CC2(C)F)c2cc(C3(C(F)F)CC3)ncc21. The highest BCUT2D eigenvalue weighted by atomic mass is 19.3. The van der Waals surface area contributed by atoms with Gasteiger partial charge in [0.25, 0.3) is 0 Å². The summed E-state index contributed by atoms with van der Waals surface area (Å²) >= 11 is 0. The molecule has 2 aromatic heterocycles. The summed E-state index contributed by atoms with van der Waals surface area (Å²) in [6.07, 6.45) is 6.10. The maximum Gasteiger partial charge on any atom is 0.249 e. The van der Waals surface area contributed by atoms with Gasteiger partial charge in [0.15, 0.2) is 11.2 Å². The monoisotopic (exact) mass is 346 g/mol. The molecule has 1 unspecified atom stereocenters. The Kier molecular flexibility index (Phi) is 3.39. The van der Waals surface area contributed by atoms with Crippen LogP contribution in [0.3, 0.4) is 0 Å². The Morgan fingerprint density at radius 3 is 2.64 bits per heavy atom. The van der Waals surface area contributed by atoms with Gasteiger partial charge in [-0.05, 0) is 38.0 Å². The second kappa shape index (κ2) is 5.28. The first kappa shape index (κ1) is 16.1. The van der Waals surface area contributed by atoms with E-state index in [1.54, 1.807) is 42.4 Å². The number of halogens is 3. The molecule has 7 heteroatoms. The highest BCUT2D eigenvalue weighted by Gasteiger charge is 2.53. The maximum absolute atomic E-state index is 14.4. The smallest absolute Gasteiger partial charge is 0.249 e. The molecule has 1 saturated carbocycles. The molecular formula is C18H17F3N4. The molecule has 2 heterocycles. The minimum atomic E-state index is -2.46. The number of fused-ring (bicyclic) bond motifs is 1. The third-order valence-electron chi connectivity index (χ3n) is 4.96. The topological polar surface area (TPSA) is 43.1 Å². The summed E-state index contributed by atoms with van der Waals surface area (Å²) in [4.78, 5) is 12.9. The largest absolute Gasteiger partial charge is 0.334 e. The second-order valence-electron chi connectivity index (χ2n) is 6.82. The van der Waals surface area contributed by atoms with Crippen LogP contribution in [-0.2, 0) is 12.5 Å². The predicted octanol–water partition coefficient (Wildman–Crippen LogP) is 3.35. The minimum Gasteiger partial charge on any atom is -0.334 e. The molecule has 2 aliphatic rings. The molecule has 130 valence electrons. The first-order valence-corrected chi connectivity index (χ1v) is 8.07. The van der Waals surface area contributed by atoms with Crippen molar-refractivity contribution in [2.45, 2.75) is 37.3 Å². The van der Waals surface area contributed by atoms with Crippen LogP contribution in [0.1, 0.15) is 25.5 Å². The predicted molar refractivity (Wildman–Crippen MR) is 87.7 cm³/mol. The van der Waals surface area contributed by atoms with Gasteiger partial charge in [0.1, 0.15) is 0 Å². The van der Waals surface area contributed by atoms with Crippen LogP contribution in [0.4, 0.5) is 13.2 Å². The molecule has 0 aromatic carbocycles. The highest BCUT2D eigenvalue weighted by Crippen LogP contribution is 2.52. The van der Waals surface area contributed by atoms with Gasteiger partial charge in [0.2, 0.25) is 6.43 Å². The number of hydrogen-bond donors (Lipinski definition) is 0. The molecule has 4 rings (SSSR count). The molecular weight excluding hydrogens is 329 g/mol. The third-order valence-corrected chi connectivity index (χ3v) is 4.96. The van der Waals surface area contributed by atoms with Gasteiger partial charge in [-0.15, -0.1) is 0 Å². The molecule has 0 aliphatic heterocycles. The Morgan fingerprint density at radius 1 is 1.28 bits per heavy atom. The van der Waals surface area contributed by atoms with Gasteiger partial charge >= 0.3 is 0 Å². The van der Waals surface area contributed by atoms with Gasteiger partial charge in [0.05, 0.1) is 34.8 Å². The standard InChI is InChI=1S/C18H17F3N4/c1-17(21)5-3-4-13(17)24-15-11-8-14(18(6-7-18)16(19)20)22-9-12(11)25(2)10-23-15/h3-5,8-10,16H,6-7H2,1-2H3. The lowest BCUT2D eigenvalue weighted by Gasteiger charge is -2.15.